The summed E-state index contributed by atoms with van der Waals surface area (Å²) >= 11 is 5.87. The van der Waals surface area contributed by atoms with Crippen LogP contribution in [-0.2, 0) is 16.4 Å². The molecule has 2 rings (SSSR count). The Morgan fingerprint density at radius 2 is 1.81 bits per heavy atom. The number of hydrogen-bond donors (Lipinski definition) is 1. The van der Waals surface area contributed by atoms with Crippen molar-refractivity contribution in [2.24, 2.45) is 0 Å². The summed E-state index contributed by atoms with van der Waals surface area (Å²) in [6.07, 6.45) is 1.51. The third-order valence-corrected chi connectivity index (χ3v) is 6.14. The summed E-state index contributed by atoms with van der Waals surface area (Å²) in [4.78, 5) is 0.313. The summed E-state index contributed by atoms with van der Waals surface area (Å²) in [6, 6.07) is 11.1. The fourth-order valence-corrected chi connectivity index (χ4v) is 4.28. The van der Waals surface area contributed by atoms with Gasteiger partial charge in [0.2, 0.25) is 10.0 Å². The molecular weight excluding hydrogens is 370 g/mol. The van der Waals surface area contributed by atoms with E-state index in [-0.39, 0.29) is 5.92 Å². The van der Waals surface area contributed by atoms with Gasteiger partial charge in [-0.15, -0.1) is 0 Å². The van der Waals surface area contributed by atoms with Crippen molar-refractivity contribution in [2.45, 2.75) is 44.4 Å². The van der Waals surface area contributed by atoms with Crippen LogP contribution in [-0.4, -0.2) is 22.1 Å². The molecule has 4 nitrogen and oxygen atoms in total. The average molecular weight is 396 g/mol. The molecule has 0 saturated heterocycles. The third-order valence-electron chi connectivity index (χ3n) is 4.29. The van der Waals surface area contributed by atoms with Crippen molar-refractivity contribution < 1.29 is 13.2 Å². The Morgan fingerprint density at radius 3 is 2.38 bits per heavy atom. The summed E-state index contributed by atoms with van der Waals surface area (Å²) in [5, 5.41) is 0.699. The number of methoxy groups -OCH3 is 1. The molecule has 0 fully saturated rings. The maximum absolute atomic E-state index is 12.7. The molecule has 142 valence electrons. The van der Waals surface area contributed by atoms with Gasteiger partial charge in [-0.1, -0.05) is 37.6 Å². The minimum absolute atomic E-state index is 0.171. The van der Waals surface area contributed by atoms with Gasteiger partial charge in [0.15, 0.2) is 0 Å². The Labute approximate surface area is 161 Å². The zero-order valence-electron chi connectivity index (χ0n) is 15.7. The first kappa shape index (κ1) is 20.7. The van der Waals surface area contributed by atoms with Gasteiger partial charge in [0, 0.05) is 11.6 Å². The molecule has 26 heavy (non-hydrogen) atoms. The summed E-state index contributed by atoms with van der Waals surface area (Å²) in [5.41, 5.74) is 2.70. The maximum atomic E-state index is 12.7. The standard InChI is InChI=1S/C20H26ClNO3S/c1-14(2)18-13-20(15(3)12-19(18)25-4)26(23,24)22-11-5-6-16-7-9-17(21)10-8-16/h7-10,12-14,22H,5-6,11H2,1-4H3. The highest BCUT2D eigenvalue weighted by atomic mass is 35.5. The van der Waals surface area contributed by atoms with E-state index < -0.39 is 10.0 Å². The number of aryl methyl sites for hydroxylation is 2. The first-order valence-electron chi connectivity index (χ1n) is 8.67. The highest BCUT2D eigenvalue weighted by molar-refractivity contribution is 7.89. The van der Waals surface area contributed by atoms with Gasteiger partial charge in [-0.3, -0.25) is 0 Å². The largest absolute Gasteiger partial charge is 0.496 e. The van der Waals surface area contributed by atoms with Crippen molar-refractivity contribution in [1.29, 1.82) is 0 Å². The first-order chi connectivity index (χ1) is 12.2. The average Bonchev–Trinajstić information content (AvgIpc) is 2.59. The molecule has 0 radical (unpaired) electrons. The lowest BCUT2D eigenvalue weighted by Gasteiger charge is -2.16. The minimum atomic E-state index is -3.56. The Bertz CT molecular complexity index is 846. The van der Waals surface area contributed by atoms with Crippen molar-refractivity contribution in [3.8, 4) is 5.75 Å². The normalized spacial score (nSPS) is 11.8. The van der Waals surface area contributed by atoms with E-state index in [1.807, 2.05) is 38.1 Å². The van der Waals surface area contributed by atoms with E-state index >= 15 is 0 Å². The van der Waals surface area contributed by atoms with Gasteiger partial charge in [-0.25, -0.2) is 13.1 Å². The fourth-order valence-electron chi connectivity index (χ4n) is 2.82. The molecule has 0 bridgehead atoms. The number of halogens is 1. The van der Waals surface area contributed by atoms with Crippen LogP contribution in [0.25, 0.3) is 0 Å². The van der Waals surface area contributed by atoms with E-state index in [4.69, 9.17) is 16.3 Å². The van der Waals surface area contributed by atoms with E-state index in [0.717, 1.165) is 23.3 Å². The SMILES string of the molecule is COc1cc(C)c(S(=O)(=O)NCCCc2ccc(Cl)cc2)cc1C(C)C. The lowest BCUT2D eigenvalue weighted by atomic mass is 10.0. The van der Waals surface area contributed by atoms with Gasteiger partial charge in [-0.2, -0.15) is 0 Å². The topological polar surface area (TPSA) is 55.4 Å². The smallest absolute Gasteiger partial charge is 0.240 e. The highest BCUT2D eigenvalue weighted by Crippen LogP contribution is 2.31. The monoisotopic (exact) mass is 395 g/mol. The Kier molecular flexibility index (Phi) is 7.09. The maximum Gasteiger partial charge on any atom is 0.240 e. The van der Waals surface area contributed by atoms with E-state index in [2.05, 4.69) is 4.72 Å². The molecule has 0 heterocycles. The van der Waals surface area contributed by atoms with Crippen molar-refractivity contribution in [3.63, 3.8) is 0 Å². The molecule has 0 aliphatic heterocycles. The molecule has 2 aromatic rings. The van der Waals surface area contributed by atoms with Crippen molar-refractivity contribution in [2.75, 3.05) is 13.7 Å². The molecule has 1 N–H and O–H groups in total. The molecule has 0 amide bonds. The van der Waals surface area contributed by atoms with Crippen LogP contribution in [0.3, 0.4) is 0 Å². The zero-order valence-corrected chi connectivity index (χ0v) is 17.2. The van der Waals surface area contributed by atoms with Crippen LogP contribution in [0.15, 0.2) is 41.3 Å². The Balaban J connectivity index is 2.07. The number of nitrogens with one attached hydrogen (secondary N) is 1. The fraction of sp³-hybridized carbons (Fsp3) is 0.400. The Hall–Kier alpha value is -1.56. The molecule has 0 saturated carbocycles. The summed E-state index contributed by atoms with van der Waals surface area (Å²) in [6.45, 7) is 6.20. The summed E-state index contributed by atoms with van der Waals surface area (Å²) in [7, 11) is -1.96. The molecule has 0 spiro atoms. The molecular formula is C20H26ClNO3S. The van der Waals surface area contributed by atoms with E-state index in [0.29, 0.717) is 28.4 Å². The van der Waals surface area contributed by atoms with Gasteiger partial charge < -0.3 is 4.74 Å². The first-order valence-corrected chi connectivity index (χ1v) is 10.5. The van der Waals surface area contributed by atoms with E-state index in [1.165, 1.54) is 0 Å². The lowest BCUT2D eigenvalue weighted by Crippen LogP contribution is -2.26. The van der Waals surface area contributed by atoms with Crippen LogP contribution in [0, 0.1) is 6.92 Å². The second-order valence-corrected chi connectivity index (χ2v) is 8.81. The van der Waals surface area contributed by atoms with Crippen LogP contribution < -0.4 is 9.46 Å². The number of sulfonamides is 1. The molecule has 6 heteroatoms. The van der Waals surface area contributed by atoms with Crippen LogP contribution in [0.4, 0.5) is 0 Å². The van der Waals surface area contributed by atoms with Crippen LogP contribution in [0.1, 0.15) is 42.9 Å². The lowest BCUT2D eigenvalue weighted by molar-refractivity contribution is 0.406. The molecule has 0 aliphatic carbocycles. The molecule has 0 unspecified atom stereocenters. The highest BCUT2D eigenvalue weighted by Gasteiger charge is 2.20. The van der Waals surface area contributed by atoms with Gasteiger partial charge in [0.1, 0.15) is 5.75 Å². The number of ether oxygens (including phenoxy) is 1. The van der Waals surface area contributed by atoms with Crippen LogP contribution >= 0.6 is 11.6 Å². The second kappa shape index (κ2) is 8.89. The molecule has 0 atom stereocenters. The number of benzene rings is 2. The van der Waals surface area contributed by atoms with Gasteiger partial charge in [-0.05, 0) is 66.6 Å². The zero-order chi connectivity index (χ0) is 19.3. The minimum Gasteiger partial charge on any atom is -0.496 e. The third kappa shape index (κ3) is 5.22. The van der Waals surface area contributed by atoms with E-state index in [9.17, 15) is 8.42 Å². The molecule has 0 aliphatic rings. The van der Waals surface area contributed by atoms with Gasteiger partial charge >= 0.3 is 0 Å². The second-order valence-electron chi connectivity index (χ2n) is 6.64. The van der Waals surface area contributed by atoms with Crippen LogP contribution in [0.5, 0.6) is 5.75 Å². The quantitative estimate of drug-likeness (QED) is 0.659. The van der Waals surface area contributed by atoms with Crippen molar-refractivity contribution >= 4 is 21.6 Å². The molecule has 0 aromatic heterocycles. The molecule has 2 aromatic carbocycles. The predicted octanol–water partition coefficient (Wildman–Crippen LogP) is 4.69. The van der Waals surface area contributed by atoms with Crippen LogP contribution in [0.2, 0.25) is 5.02 Å². The summed E-state index contributed by atoms with van der Waals surface area (Å²) < 4.78 is 33.5. The van der Waals surface area contributed by atoms with E-state index in [1.54, 1.807) is 26.2 Å². The van der Waals surface area contributed by atoms with Crippen molar-refractivity contribution in [1.82, 2.24) is 4.72 Å². The number of hydrogen-bond acceptors (Lipinski definition) is 3. The van der Waals surface area contributed by atoms with Crippen molar-refractivity contribution in [3.05, 3.63) is 58.1 Å². The number of rotatable bonds is 8. The Morgan fingerprint density at radius 1 is 1.15 bits per heavy atom. The van der Waals surface area contributed by atoms with Gasteiger partial charge in [0.05, 0.1) is 12.0 Å². The predicted molar refractivity (Wildman–Crippen MR) is 107 cm³/mol. The van der Waals surface area contributed by atoms with Gasteiger partial charge in [0.25, 0.3) is 0 Å². The summed E-state index contributed by atoms with van der Waals surface area (Å²) in [5.74, 6) is 0.892.